The fourth-order valence-corrected chi connectivity index (χ4v) is 2.64. The van der Waals surface area contributed by atoms with Gasteiger partial charge in [-0.25, -0.2) is 0 Å². The summed E-state index contributed by atoms with van der Waals surface area (Å²) in [6.45, 7) is 2.74. The molecule has 136 valence electrons. The molecule has 0 spiro atoms. The molecule has 0 bridgehead atoms. The van der Waals surface area contributed by atoms with Crippen LogP contribution in [0.2, 0.25) is 0 Å². The highest BCUT2D eigenvalue weighted by Gasteiger charge is 2.34. The van der Waals surface area contributed by atoms with E-state index in [0.717, 1.165) is 0 Å². The Labute approximate surface area is 147 Å². The zero-order valence-corrected chi connectivity index (χ0v) is 15.1. The maximum Gasteiger partial charge on any atom is 0.208 e. The van der Waals surface area contributed by atoms with Crippen LogP contribution >= 0.6 is 24.8 Å². The third kappa shape index (κ3) is 7.00. The minimum absolute atomic E-state index is 0.194. The standard InChI is InChI=1S/C14H27NO6S2/c1-3-5-8(14(21)23)15(11(22)4-2)6-9(17)12(19)13(20)10(18)7-16/h8-10,12-13,16-20H,3-7H2,1-2H3,(H,21,23). The minimum atomic E-state index is -1.72. The van der Waals surface area contributed by atoms with E-state index in [1.54, 1.807) is 6.92 Å². The maximum absolute atomic E-state index is 11.7. The Morgan fingerprint density at radius 1 is 1.13 bits per heavy atom. The molecule has 23 heavy (non-hydrogen) atoms. The van der Waals surface area contributed by atoms with Crippen LogP contribution in [0.4, 0.5) is 0 Å². The van der Waals surface area contributed by atoms with Gasteiger partial charge in [0.25, 0.3) is 0 Å². The number of nitrogens with zero attached hydrogens (tertiary/aromatic N) is 1. The summed E-state index contributed by atoms with van der Waals surface area (Å²) in [5.74, 6) is 0. The largest absolute Gasteiger partial charge is 0.394 e. The second-order valence-corrected chi connectivity index (χ2v) is 6.25. The van der Waals surface area contributed by atoms with Crippen molar-refractivity contribution in [3.63, 3.8) is 0 Å². The molecule has 5 atom stereocenters. The monoisotopic (exact) mass is 369 g/mol. The van der Waals surface area contributed by atoms with Crippen LogP contribution in [0, 0.1) is 0 Å². The summed E-state index contributed by atoms with van der Waals surface area (Å²) in [5.41, 5.74) is 0. The molecule has 0 saturated heterocycles. The zero-order chi connectivity index (χ0) is 18.2. The van der Waals surface area contributed by atoms with Gasteiger partial charge in [-0.1, -0.05) is 32.5 Å². The smallest absolute Gasteiger partial charge is 0.208 e. The lowest BCUT2D eigenvalue weighted by Gasteiger charge is -2.35. The average molecular weight is 370 g/mol. The molecule has 0 aromatic carbocycles. The lowest BCUT2D eigenvalue weighted by molar-refractivity contribution is -0.122. The summed E-state index contributed by atoms with van der Waals surface area (Å²) in [6.07, 6.45) is -4.83. The number of thiol groups is 1. The van der Waals surface area contributed by atoms with E-state index in [2.05, 4.69) is 12.6 Å². The van der Waals surface area contributed by atoms with Crippen molar-refractivity contribution in [2.75, 3.05) is 13.2 Å². The zero-order valence-electron chi connectivity index (χ0n) is 13.4. The van der Waals surface area contributed by atoms with Gasteiger partial charge < -0.3 is 30.4 Å². The van der Waals surface area contributed by atoms with Crippen LogP contribution in [0.1, 0.15) is 33.1 Å². The summed E-state index contributed by atoms with van der Waals surface area (Å²) in [7, 11) is 0. The lowest BCUT2D eigenvalue weighted by Crippen LogP contribution is -2.53. The van der Waals surface area contributed by atoms with Crippen molar-refractivity contribution < 1.29 is 30.3 Å². The first kappa shape index (κ1) is 22.7. The molecule has 0 aliphatic rings. The number of carbonyl (C=O) groups excluding carboxylic acids is 1. The van der Waals surface area contributed by atoms with Crippen molar-refractivity contribution in [3.05, 3.63) is 0 Å². The van der Waals surface area contributed by atoms with Crippen LogP contribution in [0.5, 0.6) is 0 Å². The third-order valence-electron chi connectivity index (χ3n) is 3.56. The SMILES string of the molecule is CCCC(C(=O)S)N(CC(O)C(O)C(O)C(O)CO)C(=S)CC. The van der Waals surface area contributed by atoms with E-state index >= 15 is 0 Å². The first-order valence-corrected chi connectivity index (χ1v) is 8.42. The predicted octanol–water partition coefficient (Wildman–Crippen LogP) is -0.913. The summed E-state index contributed by atoms with van der Waals surface area (Å²) in [4.78, 5) is 13.6. The third-order valence-corrected chi connectivity index (χ3v) is 4.38. The Balaban J connectivity index is 5.15. The maximum atomic E-state index is 11.7. The van der Waals surface area contributed by atoms with E-state index in [9.17, 15) is 25.2 Å². The molecule has 0 aromatic heterocycles. The van der Waals surface area contributed by atoms with Gasteiger partial charge in [-0.2, -0.15) is 0 Å². The Kier molecular flexibility index (Phi) is 11.2. The molecule has 5 N–H and O–H groups in total. The summed E-state index contributed by atoms with van der Waals surface area (Å²) < 4.78 is 0. The van der Waals surface area contributed by atoms with E-state index < -0.39 is 42.2 Å². The summed E-state index contributed by atoms with van der Waals surface area (Å²) >= 11 is 9.08. The van der Waals surface area contributed by atoms with Gasteiger partial charge >= 0.3 is 0 Å². The van der Waals surface area contributed by atoms with Gasteiger partial charge in [-0.3, -0.25) is 4.79 Å². The number of hydrogen-bond acceptors (Lipinski definition) is 7. The van der Waals surface area contributed by atoms with E-state index in [1.165, 1.54) is 4.90 Å². The van der Waals surface area contributed by atoms with Gasteiger partial charge in [0.1, 0.15) is 18.3 Å². The van der Waals surface area contributed by atoms with Crippen LogP contribution in [-0.4, -0.2) is 84.1 Å². The second-order valence-electron chi connectivity index (χ2n) is 5.34. The molecule has 0 saturated carbocycles. The van der Waals surface area contributed by atoms with Gasteiger partial charge in [0, 0.05) is 6.54 Å². The first-order chi connectivity index (χ1) is 10.7. The van der Waals surface area contributed by atoms with Crippen molar-refractivity contribution >= 4 is 35.0 Å². The topological polar surface area (TPSA) is 121 Å². The van der Waals surface area contributed by atoms with E-state index in [4.69, 9.17) is 17.3 Å². The lowest BCUT2D eigenvalue weighted by atomic mass is 10.0. The van der Waals surface area contributed by atoms with Gasteiger partial charge in [0.2, 0.25) is 5.12 Å². The van der Waals surface area contributed by atoms with E-state index in [1.807, 2.05) is 6.92 Å². The van der Waals surface area contributed by atoms with Crippen LogP contribution in [0.15, 0.2) is 0 Å². The Morgan fingerprint density at radius 3 is 2.04 bits per heavy atom. The second kappa shape index (κ2) is 11.3. The van der Waals surface area contributed by atoms with Gasteiger partial charge in [-0.05, 0) is 12.8 Å². The van der Waals surface area contributed by atoms with Gasteiger partial charge in [-0.15, -0.1) is 12.6 Å². The average Bonchev–Trinajstić information content (AvgIpc) is 2.54. The van der Waals surface area contributed by atoms with Crippen molar-refractivity contribution in [2.45, 2.75) is 63.6 Å². The molecule has 0 heterocycles. The first-order valence-electron chi connectivity index (χ1n) is 7.56. The van der Waals surface area contributed by atoms with Crippen LogP contribution in [-0.2, 0) is 4.79 Å². The molecule has 7 nitrogen and oxygen atoms in total. The fourth-order valence-electron chi connectivity index (χ4n) is 2.16. The number of thiocarbonyl (C=S) groups is 1. The molecular weight excluding hydrogens is 342 g/mol. The fraction of sp³-hybridized carbons (Fsp3) is 0.857. The Morgan fingerprint density at radius 2 is 1.65 bits per heavy atom. The van der Waals surface area contributed by atoms with Crippen molar-refractivity contribution in [2.24, 2.45) is 0 Å². The number of aliphatic hydroxyl groups excluding tert-OH is 5. The normalized spacial score (nSPS) is 17.9. The number of carbonyl (C=O) groups is 1. The highest BCUT2D eigenvalue weighted by molar-refractivity contribution is 7.96. The van der Waals surface area contributed by atoms with E-state index in [-0.39, 0.29) is 6.54 Å². The molecule has 0 rings (SSSR count). The summed E-state index contributed by atoms with van der Waals surface area (Å²) in [5, 5.41) is 47.4. The van der Waals surface area contributed by atoms with Gasteiger partial charge in [0.05, 0.1) is 23.7 Å². The van der Waals surface area contributed by atoms with Crippen LogP contribution in [0.3, 0.4) is 0 Å². The quantitative estimate of drug-likeness (QED) is 0.204. The molecule has 0 aliphatic carbocycles. The predicted molar refractivity (Wildman–Crippen MR) is 93.4 cm³/mol. The highest BCUT2D eigenvalue weighted by Crippen LogP contribution is 2.16. The van der Waals surface area contributed by atoms with E-state index in [0.29, 0.717) is 24.3 Å². The van der Waals surface area contributed by atoms with Gasteiger partial charge in [0.15, 0.2) is 0 Å². The molecule has 0 amide bonds. The number of hydrogen-bond donors (Lipinski definition) is 6. The molecule has 0 aliphatic heterocycles. The number of aliphatic hydroxyl groups is 5. The molecule has 9 heteroatoms. The number of rotatable bonds is 11. The Bertz CT molecular complexity index is 384. The van der Waals surface area contributed by atoms with Crippen molar-refractivity contribution in [1.29, 1.82) is 0 Å². The summed E-state index contributed by atoms with van der Waals surface area (Å²) in [6, 6.07) is -0.641. The van der Waals surface area contributed by atoms with Crippen molar-refractivity contribution in [3.8, 4) is 0 Å². The van der Waals surface area contributed by atoms with Crippen LogP contribution in [0.25, 0.3) is 0 Å². The van der Waals surface area contributed by atoms with Crippen LogP contribution < -0.4 is 0 Å². The molecular formula is C14H27NO6S2. The van der Waals surface area contributed by atoms with Crippen molar-refractivity contribution in [1.82, 2.24) is 4.90 Å². The molecule has 0 fully saturated rings. The Hall–Kier alpha value is -0.290. The molecule has 0 radical (unpaired) electrons. The molecule has 0 aromatic rings. The highest BCUT2D eigenvalue weighted by atomic mass is 32.1. The minimum Gasteiger partial charge on any atom is -0.394 e. The molecule has 5 unspecified atom stereocenters.